The SMILES string of the molecule is Clc1ccc2[nH]cnc2c1-c1cccc2ccccc12. The van der Waals surface area contributed by atoms with Gasteiger partial charge in [-0.25, -0.2) is 4.98 Å². The van der Waals surface area contributed by atoms with Crippen LogP contribution in [0.15, 0.2) is 60.9 Å². The molecule has 1 aromatic heterocycles. The molecule has 96 valence electrons. The van der Waals surface area contributed by atoms with E-state index in [4.69, 9.17) is 11.6 Å². The predicted octanol–water partition coefficient (Wildman–Crippen LogP) is 5.04. The number of benzene rings is 3. The first kappa shape index (κ1) is 11.5. The molecule has 4 rings (SSSR count). The number of aromatic nitrogens is 2. The highest BCUT2D eigenvalue weighted by Gasteiger charge is 2.13. The Kier molecular flexibility index (Phi) is 2.51. The molecule has 0 saturated carbocycles. The van der Waals surface area contributed by atoms with Gasteiger partial charge in [0.15, 0.2) is 0 Å². The molecule has 0 saturated heterocycles. The van der Waals surface area contributed by atoms with Crippen LogP contribution in [0.5, 0.6) is 0 Å². The number of imidazole rings is 1. The molecule has 3 aromatic carbocycles. The van der Waals surface area contributed by atoms with E-state index in [0.29, 0.717) is 0 Å². The first-order valence-electron chi connectivity index (χ1n) is 6.44. The zero-order chi connectivity index (χ0) is 13.5. The molecule has 0 aliphatic rings. The van der Waals surface area contributed by atoms with Gasteiger partial charge in [-0.2, -0.15) is 0 Å². The molecule has 0 aliphatic heterocycles. The van der Waals surface area contributed by atoms with Gasteiger partial charge in [0.2, 0.25) is 0 Å². The van der Waals surface area contributed by atoms with Crippen LogP contribution in [0.1, 0.15) is 0 Å². The maximum absolute atomic E-state index is 6.44. The number of nitrogens with zero attached hydrogens (tertiary/aromatic N) is 1. The van der Waals surface area contributed by atoms with Crippen molar-refractivity contribution in [2.45, 2.75) is 0 Å². The Morgan fingerprint density at radius 2 is 1.75 bits per heavy atom. The summed E-state index contributed by atoms with van der Waals surface area (Å²) >= 11 is 6.44. The summed E-state index contributed by atoms with van der Waals surface area (Å²) in [4.78, 5) is 7.56. The number of fused-ring (bicyclic) bond motifs is 2. The van der Waals surface area contributed by atoms with Crippen LogP contribution < -0.4 is 0 Å². The van der Waals surface area contributed by atoms with Gasteiger partial charge >= 0.3 is 0 Å². The van der Waals surface area contributed by atoms with Gasteiger partial charge in [0.25, 0.3) is 0 Å². The molecule has 1 heterocycles. The van der Waals surface area contributed by atoms with Crippen LogP contribution in [0.4, 0.5) is 0 Å². The smallest absolute Gasteiger partial charge is 0.0976 e. The van der Waals surface area contributed by atoms with Crippen LogP contribution in [0.2, 0.25) is 5.02 Å². The first-order valence-corrected chi connectivity index (χ1v) is 6.82. The molecule has 2 nitrogen and oxygen atoms in total. The van der Waals surface area contributed by atoms with Crippen LogP contribution >= 0.6 is 11.6 Å². The number of rotatable bonds is 1. The van der Waals surface area contributed by atoms with E-state index < -0.39 is 0 Å². The Morgan fingerprint density at radius 1 is 0.900 bits per heavy atom. The van der Waals surface area contributed by atoms with Crippen molar-refractivity contribution in [2.75, 3.05) is 0 Å². The Labute approximate surface area is 121 Å². The van der Waals surface area contributed by atoms with Crippen molar-refractivity contribution in [2.24, 2.45) is 0 Å². The molecule has 0 aliphatic carbocycles. The predicted molar refractivity (Wildman–Crippen MR) is 84.0 cm³/mol. The van der Waals surface area contributed by atoms with Gasteiger partial charge in [0.05, 0.1) is 22.4 Å². The van der Waals surface area contributed by atoms with Crippen LogP contribution in [0, 0.1) is 0 Å². The van der Waals surface area contributed by atoms with Gasteiger partial charge in [-0.1, -0.05) is 54.1 Å². The Bertz CT molecular complexity index is 919. The van der Waals surface area contributed by atoms with E-state index in [1.54, 1.807) is 6.33 Å². The molecule has 0 bridgehead atoms. The molecule has 0 radical (unpaired) electrons. The number of halogens is 1. The third kappa shape index (κ3) is 1.62. The summed E-state index contributed by atoms with van der Waals surface area (Å²) < 4.78 is 0. The van der Waals surface area contributed by atoms with Gasteiger partial charge in [-0.15, -0.1) is 0 Å². The van der Waals surface area contributed by atoms with Gasteiger partial charge < -0.3 is 4.98 Å². The fraction of sp³-hybridized carbons (Fsp3) is 0. The summed E-state index contributed by atoms with van der Waals surface area (Å²) in [5.41, 5.74) is 4.01. The molecule has 0 spiro atoms. The fourth-order valence-electron chi connectivity index (χ4n) is 2.68. The molecule has 3 heteroatoms. The molecule has 1 N–H and O–H groups in total. The van der Waals surface area contributed by atoms with Crippen LogP contribution in [0.25, 0.3) is 32.9 Å². The second kappa shape index (κ2) is 4.36. The van der Waals surface area contributed by atoms with Gasteiger partial charge in [-0.05, 0) is 28.5 Å². The van der Waals surface area contributed by atoms with E-state index in [1.165, 1.54) is 10.8 Å². The average molecular weight is 279 g/mol. The third-order valence-electron chi connectivity index (χ3n) is 3.60. The third-order valence-corrected chi connectivity index (χ3v) is 3.91. The summed E-state index contributed by atoms with van der Waals surface area (Å²) in [7, 11) is 0. The number of H-pyrrole nitrogens is 1. The lowest BCUT2D eigenvalue weighted by Gasteiger charge is -2.09. The Balaban J connectivity index is 2.16. The number of hydrogen-bond donors (Lipinski definition) is 1. The van der Waals surface area contributed by atoms with E-state index in [2.05, 4.69) is 40.3 Å². The Hall–Kier alpha value is -2.32. The van der Waals surface area contributed by atoms with E-state index in [0.717, 1.165) is 27.2 Å². The van der Waals surface area contributed by atoms with Crippen LogP contribution in [0.3, 0.4) is 0 Å². The molecule has 0 unspecified atom stereocenters. The second-order valence-electron chi connectivity index (χ2n) is 4.75. The van der Waals surface area contributed by atoms with E-state index in [9.17, 15) is 0 Å². The minimum Gasteiger partial charge on any atom is -0.345 e. The van der Waals surface area contributed by atoms with Crippen molar-refractivity contribution in [3.63, 3.8) is 0 Å². The lowest BCUT2D eigenvalue weighted by atomic mass is 9.97. The van der Waals surface area contributed by atoms with Crippen molar-refractivity contribution in [3.05, 3.63) is 65.9 Å². The van der Waals surface area contributed by atoms with Crippen molar-refractivity contribution in [1.82, 2.24) is 9.97 Å². The second-order valence-corrected chi connectivity index (χ2v) is 5.15. The standard InChI is InChI=1S/C17H11ClN2/c18-14-8-9-15-17(20-10-19-15)16(14)13-7-3-5-11-4-1-2-6-12(11)13/h1-10H,(H,19,20). The molecule has 0 atom stereocenters. The minimum atomic E-state index is 0.723. The first-order chi connectivity index (χ1) is 9.84. The Morgan fingerprint density at radius 3 is 2.70 bits per heavy atom. The van der Waals surface area contributed by atoms with E-state index in [-0.39, 0.29) is 0 Å². The van der Waals surface area contributed by atoms with Crippen LogP contribution in [-0.2, 0) is 0 Å². The summed E-state index contributed by atoms with van der Waals surface area (Å²) in [5.74, 6) is 0. The fourth-order valence-corrected chi connectivity index (χ4v) is 2.94. The zero-order valence-corrected chi connectivity index (χ0v) is 11.4. The van der Waals surface area contributed by atoms with Crippen molar-refractivity contribution < 1.29 is 0 Å². The van der Waals surface area contributed by atoms with Gasteiger partial charge in [-0.3, -0.25) is 0 Å². The van der Waals surface area contributed by atoms with E-state index in [1.807, 2.05) is 24.3 Å². The quantitative estimate of drug-likeness (QED) is 0.519. The lowest BCUT2D eigenvalue weighted by molar-refractivity contribution is 1.34. The summed E-state index contributed by atoms with van der Waals surface area (Å²) in [6.07, 6.45) is 1.70. The van der Waals surface area contributed by atoms with Crippen molar-refractivity contribution in [3.8, 4) is 11.1 Å². The highest BCUT2D eigenvalue weighted by atomic mass is 35.5. The summed E-state index contributed by atoms with van der Waals surface area (Å²) in [6, 6.07) is 18.4. The maximum Gasteiger partial charge on any atom is 0.0976 e. The molecular formula is C17H11ClN2. The molecule has 4 aromatic rings. The van der Waals surface area contributed by atoms with Crippen molar-refractivity contribution in [1.29, 1.82) is 0 Å². The largest absolute Gasteiger partial charge is 0.345 e. The molecule has 20 heavy (non-hydrogen) atoms. The monoisotopic (exact) mass is 278 g/mol. The highest BCUT2D eigenvalue weighted by Crippen LogP contribution is 2.37. The molecular weight excluding hydrogens is 268 g/mol. The highest BCUT2D eigenvalue weighted by molar-refractivity contribution is 6.35. The van der Waals surface area contributed by atoms with Gasteiger partial charge in [0, 0.05) is 5.56 Å². The number of aromatic amines is 1. The summed E-state index contributed by atoms with van der Waals surface area (Å²) in [6.45, 7) is 0. The molecule has 0 amide bonds. The van der Waals surface area contributed by atoms with Crippen LogP contribution in [-0.4, -0.2) is 9.97 Å². The average Bonchev–Trinajstić information content (AvgIpc) is 2.95. The van der Waals surface area contributed by atoms with Gasteiger partial charge in [0.1, 0.15) is 0 Å². The normalized spacial score (nSPS) is 11.2. The number of hydrogen-bond acceptors (Lipinski definition) is 1. The van der Waals surface area contributed by atoms with Crippen molar-refractivity contribution >= 4 is 33.4 Å². The zero-order valence-electron chi connectivity index (χ0n) is 10.6. The number of nitrogens with one attached hydrogen (secondary N) is 1. The lowest BCUT2D eigenvalue weighted by Crippen LogP contribution is -1.85. The van der Waals surface area contributed by atoms with E-state index >= 15 is 0 Å². The maximum atomic E-state index is 6.44. The summed E-state index contributed by atoms with van der Waals surface area (Å²) in [5, 5.41) is 3.11. The molecule has 0 fully saturated rings. The topological polar surface area (TPSA) is 28.7 Å². The minimum absolute atomic E-state index is 0.723.